The van der Waals surface area contributed by atoms with Crippen molar-refractivity contribution in [3.05, 3.63) is 47.2 Å². The molecule has 2 atom stereocenters. The van der Waals surface area contributed by atoms with E-state index in [1.165, 1.54) is 34.5 Å². The van der Waals surface area contributed by atoms with Crippen LogP contribution in [0.1, 0.15) is 30.3 Å². The zero-order chi connectivity index (χ0) is 25.3. The summed E-state index contributed by atoms with van der Waals surface area (Å²) >= 11 is 0. The maximum Gasteiger partial charge on any atom is 0.433 e. The van der Waals surface area contributed by atoms with E-state index < -0.39 is 30.2 Å². The van der Waals surface area contributed by atoms with E-state index in [1.807, 2.05) is 0 Å². The smallest absolute Gasteiger partial charge is 0.433 e. The minimum absolute atomic E-state index is 0.0300. The Hall–Kier alpha value is -3.45. The van der Waals surface area contributed by atoms with Crippen LogP contribution in [0.3, 0.4) is 0 Å². The monoisotopic (exact) mass is 495 g/mol. The maximum absolute atomic E-state index is 13.7. The summed E-state index contributed by atoms with van der Waals surface area (Å²) in [5, 5.41) is 22.4. The molecule has 0 saturated heterocycles. The van der Waals surface area contributed by atoms with E-state index in [2.05, 4.69) is 15.3 Å². The quantitative estimate of drug-likeness (QED) is 0.533. The molecule has 2 aromatic rings. The molecule has 0 spiro atoms. The molecule has 2 aromatic heterocycles. The zero-order valence-corrected chi connectivity index (χ0v) is 18.7. The van der Waals surface area contributed by atoms with Crippen LogP contribution >= 0.6 is 0 Å². The Balaban J connectivity index is 1.52. The minimum Gasteiger partial charge on any atom is -0.472 e. The van der Waals surface area contributed by atoms with Gasteiger partial charge in [0, 0.05) is 44.2 Å². The van der Waals surface area contributed by atoms with Crippen molar-refractivity contribution in [1.82, 2.24) is 25.1 Å². The molecule has 0 saturated carbocycles. The van der Waals surface area contributed by atoms with E-state index >= 15 is 0 Å². The van der Waals surface area contributed by atoms with Gasteiger partial charge in [0.1, 0.15) is 12.5 Å². The number of amides is 2. The lowest BCUT2D eigenvalue weighted by molar-refractivity contribution is -0.142. The van der Waals surface area contributed by atoms with Crippen molar-refractivity contribution in [3.8, 4) is 11.4 Å². The van der Waals surface area contributed by atoms with Crippen molar-refractivity contribution in [3.63, 3.8) is 0 Å². The highest BCUT2D eigenvalue weighted by Gasteiger charge is 2.39. The fourth-order valence-corrected chi connectivity index (χ4v) is 4.36. The lowest BCUT2D eigenvalue weighted by Crippen LogP contribution is -2.49. The average molecular weight is 495 g/mol. The van der Waals surface area contributed by atoms with Crippen LogP contribution in [-0.2, 0) is 23.9 Å². The SMILES string of the molecule is CC1=CC(=O)N(C[C@H](CC(O)N2CCc3c(nc(-c4ccoc4)nc3C(F)(F)F)C2)NC(=O)O)C1. The van der Waals surface area contributed by atoms with E-state index in [-0.39, 0.29) is 55.5 Å². The van der Waals surface area contributed by atoms with Crippen LogP contribution in [0.4, 0.5) is 18.0 Å². The second kappa shape index (κ2) is 9.66. The fraction of sp³-hybridized carbons (Fsp3) is 0.455. The summed E-state index contributed by atoms with van der Waals surface area (Å²) in [6.07, 6.45) is -3.28. The van der Waals surface area contributed by atoms with Crippen molar-refractivity contribution in [1.29, 1.82) is 0 Å². The summed E-state index contributed by atoms with van der Waals surface area (Å²) in [7, 11) is 0. The van der Waals surface area contributed by atoms with Gasteiger partial charge in [0.2, 0.25) is 5.91 Å². The van der Waals surface area contributed by atoms with Crippen molar-refractivity contribution >= 4 is 12.0 Å². The molecule has 3 N–H and O–H groups in total. The fourth-order valence-electron chi connectivity index (χ4n) is 4.36. The summed E-state index contributed by atoms with van der Waals surface area (Å²) in [5.74, 6) is -0.383. The number of aliphatic hydroxyl groups is 1. The predicted molar refractivity (Wildman–Crippen MR) is 115 cm³/mol. The topological polar surface area (TPSA) is 132 Å². The summed E-state index contributed by atoms with van der Waals surface area (Å²) in [6.45, 7) is 2.19. The number of nitrogens with zero attached hydrogens (tertiary/aromatic N) is 4. The van der Waals surface area contributed by atoms with Crippen molar-refractivity contribution in [2.45, 2.75) is 44.8 Å². The number of rotatable bonds is 7. The molecule has 0 fully saturated rings. The lowest BCUT2D eigenvalue weighted by Gasteiger charge is -2.35. The lowest BCUT2D eigenvalue weighted by atomic mass is 10.0. The second-order valence-electron chi connectivity index (χ2n) is 8.62. The number of aliphatic hydroxyl groups excluding tert-OH is 1. The number of alkyl halides is 3. The maximum atomic E-state index is 13.7. The van der Waals surface area contributed by atoms with Gasteiger partial charge >= 0.3 is 12.3 Å². The van der Waals surface area contributed by atoms with Crippen molar-refractivity contribution in [2.24, 2.45) is 0 Å². The number of halogens is 3. The minimum atomic E-state index is -4.68. The Morgan fingerprint density at radius 2 is 2.09 bits per heavy atom. The molecular weight excluding hydrogens is 471 g/mol. The van der Waals surface area contributed by atoms with Crippen LogP contribution in [0.5, 0.6) is 0 Å². The molecule has 4 rings (SSSR count). The number of furan rings is 1. The first kappa shape index (κ1) is 24.7. The number of aromatic nitrogens is 2. The Labute approximate surface area is 198 Å². The van der Waals surface area contributed by atoms with Gasteiger partial charge in [-0.3, -0.25) is 9.69 Å². The number of nitrogens with one attached hydrogen (secondary N) is 1. The number of fused-ring (bicyclic) bond motifs is 1. The van der Waals surface area contributed by atoms with Crippen molar-refractivity contribution in [2.75, 3.05) is 19.6 Å². The predicted octanol–water partition coefficient (Wildman–Crippen LogP) is 2.25. The van der Waals surface area contributed by atoms with Crippen LogP contribution in [0, 0.1) is 0 Å². The van der Waals surface area contributed by atoms with E-state index in [9.17, 15) is 33.0 Å². The van der Waals surface area contributed by atoms with Crippen LogP contribution in [0.25, 0.3) is 11.4 Å². The Bertz CT molecular complexity index is 1140. The highest BCUT2D eigenvalue weighted by atomic mass is 19.4. The first-order valence-corrected chi connectivity index (χ1v) is 10.9. The molecule has 0 bridgehead atoms. The number of carbonyl (C=O) groups is 2. The molecule has 10 nitrogen and oxygen atoms in total. The molecule has 2 aliphatic rings. The number of hydrogen-bond acceptors (Lipinski definition) is 7. The van der Waals surface area contributed by atoms with E-state index in [0.717, 1.165) is 5.57 Å². The Morgan fingerprint density at radius 3 is 2.69 bits per heavy atom. The number of hydrogen-bond donors (Lipinski definition) is 3. The molecule has 35 heavy (non-hydrogen) atoms. The van der Waals surface area contributed by atoms with E-state index in [1.54, 1.807) is 6.92 Å². The molecule has 1 unspecified atom stereocenters. The Kier molecular flexibility index (Phi) is 6.81. The standard InChI is InChI=1S/C22H24F3N5O5/c1-12-6-17(31)30(8-12)9-14(26-21(33)34)7-18(32)29-4-2-15-16(10-29)27-20(13-3-5-35-11-13)28-19(15)22(23,24)25/h3,5-6,11,14,18,26,32H,2,4,7-10H2,1H3,(H,33,34)/t14-,18?/m0/s1. The van der Waals surface area contributed by atoms with Gasteiger partial charge in [0.15, 0.2) is 11.5 Å². The third kappa shape index (κ3) is 5.62. The van der Waals surface area contributed by atoms with Crippen LogP contribution in [0.15, 0.2) is 34.7 Å². The van der Waals surface area contributed by atoms with Gasteiger partial charge in [-0.1, -0.05) is 0 Å². The largest absolute Gasteiger partial charge is 0.472 e. The zero-order valence-electron chi connectivity index (χ0n) is 18.7. The molecule has 2 aliphatic heterocycles. The normalized spacial score (nSPS) is 18.3. The average Bonchev–Trinajstić information content (AvgIpc) is 3.41. The van der Waals surface area contributed by atoms with Gasteiger partial charge < -0.3 is 24.8 Å². The van der Waals surface area contributed by atoms with Crippen LogP contribution in [0.2, 0.25) is 0 Å². The van der Waals surface area contributed by atoms with Crippen LogP contribution < -0.4 is 5.32 Å². The molecular formula is C22H24F3N5O5. The highest BCUT2D eigenvalue weighted by molar-refractivity contribution is 5.91. The summed E-state index contributed by atoms with van der Waals surface area (Å²) in [5.41, 5.74) is 0.212. The number of carboxylic acid groups (broad SMARTS) is 1. The van der Waals surface area contributed by atoms with E-state index in [4.69, 9.17) is 4.42 Å². The van der Waals surface area contributed by atoms with Gasteiger partial charge in [-0.25, -0.2) is 14.8 Å². The Morgan fingerprint density at radius 1 is 1.31 bits per heavy atom. The third-order valence-corrected chi connectivity index (χ3v) is 5.95. The molecule has 0 aromatic carbocycles. The van der Waals surface area contributed by atoms with Gasteiger partial charge in [-0.05, 0) is 25.0 Å². The van der Waals surface area contributed by atoms with Gasteiger partial charge in [0.25, 0.3) is 0 Å². The summed E-state index contributed by atoms with van der Waals surface area (Å²) in [6, 6.07) is 0.667. The third-order valence-electron chi connectivity index (χ3n) is 5.95. The first-order valence-electron chi connectivity index (χ1n) is 10.9. The molecule has 188 valence electrons. The molecule has 0 radical (unpaired) electrons. The molecule has 2 amide bonds. The van der Waals surface area contributed by atoms with Crippen molar-refractivity contribution < 1.29 is 37.4 Å². The number of carbonyl (C=O) groups excluding carboxylic acids is 1. The molecule has 4 heterocycles. The molecule has 13 heteroatoms. The summed E-state index contributed by atoms with van der Waals surface area (Å²) < 4.78 is 46.1. The summed E-state index contributed by atoms with van der Waals surface area (Å²) in [4.78, 5) is 34.4. The van der Waals surface area contributed by atoms with Gasteiger partial charge in [-0.2, -0.15) is 13.2 Å². The van der Waals surface area contributed by atoms with Gasteiger partial charge in [-0.15, -0.1) is 0 Å². The second-order valence-corrected chi connectivity index (χ2v) is 8.62. The highest BCUT2D eigenvalue weighted by Crippen LogP contribution is 2.35. The van der Waals surface area contributed by atoms with Gasteiger partial charge in [0.05, 0.1) is 23.6 Å². The molecule has 0 aliphatic carbocycles. The van der Waals surface area contributed by atoms with Crippen LogP contribution in [-0.4, -0.2) is 73.9 Å². The first-order chi connectivity index (χ1) is 16.5. The van der Waals surface area contributed by atoms with E-state index in [0.29, 0.717) is 12.1 Å².